The molecule has 7 nitrogen and oxygen atoms in total. The van der Waals surface area contributed by atoms with Gasteiger partial charge in [-0.3, -0.25) is 13.9 Å². The van der Waals surface area contributed by atoms with Gasteiger partial charge in [0.15, 0.2) is 0 Å². The van der Waals surface area contributed by atoms with E-state index in [1.807, 2.05) is 19.9 Å². The standard InChI is InChI=1S/C28H32FN3O4S/c1-5-30-28(34)22(4)31(18-23-10-6-7-12-26(23)29)27(33)19-32(24-11-8-9-21(3)17-24)37(35,36)25-15-13-20(2)14-16-25/h6-17,22H,5,18-19H2,1-4H3,(H,30,34)/t22-/m0/s1. The molecule has 0 saturated heterocycles. The molecule has 0 radical (unpaired) electrons. The summed E-state index contributed by atoms with van der Waals surface area (Å²) in [5, 5.41) is 2.68. The molecule has 0 spiro atoms. The summed E-state index contributed by atoms with van der Waals surface area (Å²) in [4.78, 5) is 27.6. The van der Waals surface area contributed by atoms with Crippen LogP contribution in [-0.4, -0.2) is 44.3 Å². The van der Waals surface area contributed by atoms with E-state index >= 15 is 0 Å². The van der Waals surface area contributed by atoms with E-state index in [0.717, 1.165) is 15.4 Å². The zero-order valence-electron chi connectivity index (χ0n) is 21.4. The third-order valence-electron chi connectivity index (χ3n) is 5.99. The van der Waals surface area contributed by atoms with Crippen LogP contribution in [0.4, 0.5) is 10.1 Å². The van der Waals surface area contributed by atoms with Crippen LogP contribution in [0.5, 0.6) is 0 Å². The van der Waals surface area contributed by atoms with Crippen LogP contribution in [0.3, 0.4) is 0 Å². The summed E-state index contributed by atoms with van der Waals surface area (Å²) in [6, 6.07) is 18.2. The molecule has 0 aromatic heterocycles. The number of aryl methyl sites for hydroxylation is 2. The summed E-state index contributed by atoms with van der Waals surface area (Å²) in [6.07, 6.45) is 0. The molecule has 37 heavy (non-hydrogen) atoms. The van der Waals surface area contributed by atoms with E-state index in [1.165, 1.54) is 42.2 Å². The Bertz CT molecular complexity index is 1360. The topological polar surface area (TPSA) is 86.8 Å². The molecule has 1 atom stereocenters. The van der Waals surface area contributed by atoms with E-state index in [0.29, 0.717) is 12.2 Å². The molecule has 196 valence electrons. The molecule has 0 bridgehead atoms. The molecule has 3 rings (SSSR count). The van der Waals surface area contributed by atoms with Gasteiger partial charge < -0.3 is 10.2 Å². The molecule has 1 N–H and O–H groups in total. The summed E-state index contributed by atoms with van der Waals surface area (Å²) >= 11 is 0. The fourth-order valence-electron chi connectivity index (χ4n) is 3.86. The first-order valence-corrected chi connectivity index (χ1v) is 13.4. The number of sulfonamides is 1. The summed E-state index contributed by atoms with van der Waals surface area (Å²) in [5.74, 6) is -1.58. The second-order valence-electron chi connectivity index (χ2n) is 8.85. The first-order valence-electron chi connectivity index (χ1n) is 12.0. The van der Waals surface area contributed by atoms with Crippen molar-refractivity contribution in [3.8, 4) is 0 Å². The van der Waals surface area contributed by atoms with E-state index < -0.39 is 40.2 Å². The van der Waals surface area contributed by atoms with Crippen LogP contribution in [0, 0.1) is 19.7 Å². The molecule has 0 fully saturated rings. The lowest BCUT2D eigenvalue weighted by Gasteiger charge is -2.32. The highest BCUT2D eigenvalue weighted by atomic mass is 32.2. The molecule has 0 saturated carbocycles. The van der Waals surface area contributed by atoms with Crippen LogP contribution in [0.15, 0.2) is 77.7 Å². The Balaban J connectivity index is 2.04. The Labute approximate surface area is 218 Å². The van der Waals surface area contributed by atoms with Gasteiger partial charge in [-0.15, -0.1) is 0 Å². The van der Waals surface area contributed by atoms with E-state index in [4.69, 9.17) is 0 Å². The van der Waals surface area contributed by atoms with Crippen LogP contribution in [0.25, 0.3) is 0 Å². The van der Waals surface area contributed by atoms with E-state index in [1.54, 1.807) is 43.3 Å². The van der Waals surface area contributed by atoms with Crippen molar-refractivity contribution >= 4 is 27.5 Å². The highest BCUT2D eigenvalue weighted by Gasteiger charge is 2.32. The van der Waals surface area contributed by atoms with E-state index in [2.05, 4.69) is 5.32 Å². The number of carbonyl (C=O) groups is 2. The molecule has 3 aromatic carbocycles. The van der Waals surface area contributed by atoms with Gasteiger partial charge in [0.2, 0.25) is 11.8 Å². The summed E-state index contributed by atoms with van der Waals surface area (Å²) in [7, 11) is -4.14. The second kappa shape index (κ2) is 12.0. The predicted octanol–water partition coefficient (Wildman–Crippen LogP) is 4.19. The normalized spacial score (nSPS) is 12.0. The molecule has 0 aliphatic rings. The number of nitrogens with zero attached hydrogens (tertiary/aromatic N) is 2. The monoisotopic (exact) mass is 525 g/mol. The lowest BCUT2D eigenvalue weighted by molar-refractivity contribution is -0.139. The van der Waals surface area contributed by atoms with Crippen LogP contribution in [0.2, 0.25) is 0 Å². The fraction of sp³-hybridized carbons (Fsp3) is 0.286. The fourth-order valence-corrected chi connectivity index (χ4v) is 5.27. The van der Waals surface area contributed by atoms with Crippen molar-refractivity contribution in [2.45, 2.75) is 45.2 Å². The molecule has 0 aliphatic carbocycles. The maximum absolute atomic E-state index is 14.5. The average Bonchev–Trinajstić information content (AvgIpc) is 2.86. The van der Waals surface area contributed by atoms with Gasteiger partial charge in [0.25, 0.3) is 10.0 Å². The Morgan fingerprint density at radius 3 is 2.24 bits per heavy atom. The van der Waals surface area contributed by atoms with Gasteiger partial charge in [-0.05, 0) is 63.6 Å². The first-order chi connectivity index (χ1) is 17.5. The summed E-state index contributed by atoms with van der Waals surface area (Å²) in [6.45, 7) is 6.54. The number of hydrogen-bond donors (Lipinski definition) is 1. The van der Waals surface area contributed by atoms with Crippen LogP contribution < -0.4 is 9.62 Å². The van der Waals surface area contributed by atoms with Gasteiger partial charge in [-0.25, -0.2) is 12.8 Å². The number of carbonyl (C=O) groups excluding carboxylic acids is 2. The van der Waals surface area contributed by atoms with E-state index in [-0.39, 0.29) is 17.0 Å². The van der Waals surface area contributed by atoms with Gasteiger partial charge in [0.1, 0.15) is 18.4 Å². The van der Waals surface area contributed by atoms with Gasteiger partial charge in [0, 0.05) is 18.7 Å². The van der Waals surface area contributed by atoms with E-state index in [9.17, 15) is 22.4 Å². The maximum Gasteiger partial charge on any atom is 0.264 e. The van der Waals surface area contributed by atoms with Crippen molar-refractivity contribution in [2.24, 2.45) is 0 Å². The smallest absolute Gasteiger partial charge is 0.264 e. The lowest BCUT2D eigenvalue weighted by atomic mass is 10.1. The first kappa shape index (κ1) is 27.9. The van der Waals surface area contributed by atoms with Crippen LogP contribution in [-0.2, 0) is 26.2 Å². The molecule has 9 heteroatoms. The van der Waals surface area contributed by atoms with Crippen molar-refractivity contribution in [2.75, 3.05) is 17.4 Å². The molecular weight excluding hydrogens is 493 g/mol. The minimum atomic E-state index is -4.14. The number of rotatable bonds is 10. The summed E-state index contributed by atoms with van der Waals surface area (Å²) < 4.78 is 43.0. The number of amides is 2. The van der Waals surface area contributed by atoms with Gasteiger partial charge in [-0.2, -0.15) is 0 Å². The number of halogens is 1. The van der Waals surface area contributed by atoms with Gasteiger partial charge in [0.05, 0.1) is 10.6 Å². The van der Waals surface area contributed by atoms with Crippen molar-refractivity contribution in [1.29, 1.82) is 0 Å². The second-order valence-corrected chi connectivity index (χ2v) is 10.7. The third kappa shape index (κ3) is 6.74. The minimum absolute atomic E-state index is 0.0323. The largest absolute Gasteiger partial charge is 0.355 e. The molecule has 2 amide bonds. The van der Waals surface area contributed by atoms with Crippen molar-refractivity contribution in [1.82, 2.24) is 10.2 Å². The van der Waals surface area contributed by atoms with Crippen LogP contribution in [0.1, 0.15) is 30.5 Å². The number of anilines is 1. The van der Waals surface area contributed by atoms with Crippen molar-refractivity contribution < 1.29 is 22.4 Å². The quantitative estimate of drug-likeness (QED) is 0.430. The Kier molecular flexibility index (Phi) is 9.04. The minimum Gasteiger partial charge on any atom is -0.355 e. The Morgan fingerprint density at radius 1 is 0.946 bits per heavy atom. The molecular formula is C28H32FN3O4S. The average molecular weight is 526 g/mol. The summed E-state index contributed by atoms with van der Waals surface area (Å²) in [5.41, 5.74) is 2.23. The highest BCUT2D eigenvalue weighted by molar-refractivity contribution is 7.92. The number of likely N-dealkylation sites (N-methyl/N-ethyl adjacent to an activating group) is 1. The number of nitrogens with one attached hydrogen (secondary N) is 1. The van der Waals surface area contributed by atoms with Crippen LogP contribution >= 0.6 is 0 Å². The SMILES string of the molecule is CCNC(=O)[C@H](C)N(Cc1ccccc1F)C(=O)CN(c1cccc(C)c1)S(=O)(=O)c1ccc(C)cc1. The number of hydrogen-bond acceptors (Lipinski definition) is 4. The Morgan fingerprint density at radius 2 is 1.62 bits per heavy atom. The zero-order valence-corrected chi connectivity index (χ0v) is 22.3. The van der Waals surface area contributed by atoms with Crippen molar-refractivity contribution in [3.05, 3.63) is 95.3 Å². The lowest BCUT2D eigenvalue weighted by Crippen LogP contribution is -2.51. The predicted molar refractivity (Wildman–Crippen MR) is 142 cm³/mol. The third-order valence-corrected chi connectivity index (χ3v) is 7.78. The molecule has 0 heterocycles. The van der Waals surface area contributed by atoms with Gasteiger partial charge in [-0.1, -0.05) is 48.0 Å². The Hall–Kier alpha value is -3.72. The van der Waals surface area contributed by atoms with Gasteiger partial charge >= 0.3 is 0 Å². The highest BCUT2D eigenvalue weighted by Crippen LogP contribution is 2.26. The number of benzene rings is 3. The maximum atomic E-state index is 14.5. The molecule has 0 aliphatic heterocycles. The zero-order chi connectivity index (χ0) is 27.2. The molecule has 3 aromatic rings. The van der Waals surface area contributed by atoms with Crippen molar-refractivity contribution in [3.63, 3.8) is 0 Å². The molecule has 0 unspecified atom stereocenters.